The van der Waals surface area contributed by atoms with E-state index in [0.29, 0.717) is 13.2 Å². The lowest BCUT2D eigenvalue weighted by Crippen LogP contribution is -2.51. The van der Waals surface area contributed by atoms with Crippen molar-refractivity contribution < 1.29 is 14.3 Å². The monoisotopic (exact) mass is 201 g/mol. The lowest BCUT2D eigenvalue weighted by Gasteiger charge is -2.29. The van der Waals surface area contributed by atoms with Gasteiger partial charge in [0.15, 0.2) is 0 Å². The summed E-state index contributed by atoms with van der Waals surface area (Å²) in [6.45, 7) is 8.64. The second-order valence-corrected chi connectivity index (χ2v) is 4.64. The molecule has 0 radical (unpaired) electrons. The molecule has 0 aliphatic carbocycles. The highest BCUT2D eigenvalue weighted by Gasteiger charge is 2.28. The zero-order valence-corrected chi connectivity index (χ0v) is 9.29. The fourth-order valence-corrected chi connectivity index (χ4v) is 1.21. The fraction of sp³-hybridized carbons (Fsp3) is 0.900. The third-order valence-electron chi connectivity index (χ3n) is 1.89. The molecule has 14 heavy (non-hydrogen) atoms. The minimum Gasteiger partial charge on any atom is -0.459 e. The molecule has 0 unspecified atom stereocenters. The minimum absolute atomic E-state index is 0.175. The van der Waals surface area contributed by atoms with Crippen LogP contribution < -0.4 is 5.32 Å². The number of hydrogen-bond donors (Lipinski definition) is 1. The van der Waals surface area contributed by atoms with E-state index in [4.69, 9.17) is 9.47 Å². The van der Waals surface area contributed by atoms with E-state index in [2.05, 4.69) is 5.32 Å². The van der Waals surface area contributed by atoms with Gasteiger partial charge in [-0.15, -0.1) is 0 Å². The molecule has 1 rings (SSSR count). The third kappa shape index (κ3) is 3.64. The predicted molar refractivity (Wildman–Crippen MR) is 53.0 cm³/mol. The molecule has 1 aliphatic rings. The molecule has 4 heteroatoms. The number of esters is 1. The number of ether oxygens (including phenoxy) is 2. The van der Waals surface area contributed by atoms with Gasteiger partial charge in [0.1, 0.15) is 11.6 Å². The van der Waals surface area contributed by atoms with E-state index >= 15 is 0 Å². The molecule has 1 fully saturated rings. The van der Waals surface area contributed by atoms with E-state index in [1.165, 1.54) is 0 Å². The van der Waals surface area contributed by atoms with Gasteiger partial charge in [-0.1, -0.05) is 0 Å². The Morgan fingerprint density at radius 2 is 2.14 bits per heavy atom. The highest BCUT2D eigenvalue weighted by molar-refractivity contribution is 5.76. The van der Waals surface area contributed by atoms with Gasteiger partial charge in [0.2, 0.25) is 0 Å². The SMILES string of the molecule is C[C@@H]1CN[C@@H](C(=O)OC(C)(C)C)CO1. The van der Waals surface area contributed by atoms with Crippen molar-refractivity contribution in [2.24, 2.45) is 0 Å². The molecule has 1 saturated heterocycles. The summed E-state index contributed by atoms with van der Waals surface area (Å²) in [5.74, 6) is -0.232. The Morgan fingerprint density at radius 1 is 1.50 bits per heavy atom. The van der Waals surface area contributed by atoms with Crippen molar-refractivity contribution in [3.8, 4) is 0 Å². The molecular formula is C10H19NO3. The summed E-state index contributed by atoms with van der Waals surface area (Å²) in [5.41, 5.74) is -0.429. The molecule has 1 N–H and O–H groups in total. The molecular weight excluding hydrogens is 182 g/mol. The first-order valence-electron chi connectivity index (χ1n) is 4.96. The number of hydrogen-bond acceptors (Lipinski definition) is 4. The van der Waals surface area contributed by atoms with E-state index in [0.717, 1.165) is 0 Å². The van der Waals surface area contributed by atoms with Gasteiger partial charge >= 0.3 is 5.97 Å². The summed E-state index contributed by atoms with van der Waals surface area (Å²) in [7, 11) is 0. The average Bonchev–Trinajstić information content (AvgIpc) is 2.02. The van der Waals surface area contributed by atoms with Crippen LogP contribution in [0.25, 0.3) is 0 Å². The second kappa shape index (κ2) is 4.28. The van der Waals surface area contributed by atoms with Gasteiger partial charge in [-0.25, -0.2) is 0 Å². The summed E-state index contributed by atoms with van der Waals surface area (Å²) in [5, 5.41) is 3.09. The standard InChI is InChI=1S/C10H19NO3/c1-7-5-11-8(6-13-7)9(12)14-10(2,3)4/h7-8,11H,5-6H2,1-4H3/t7-,8-/m1/s1. The average molecular weight is 201 g/mol. The smallest absolute Gasteiger partial charge is 0.326 e. The van der Waals surface area contributed by atoms with Gasteiger partial charge < -0.3 is 9.47 Å². The first kappa shape index (κ1) is 11.5. The van der Waals surface area contributed by atoms with Crippen LogP contribution in [-0.4, -0.2) is 36.9 Å². The van der Waals surface area contributed by atoms with Crippen molar-refractivity contribution in [1.29, 1.82) is 0 Å². The molecule has 0 aromatic carbocycles. The Balaban J connectivity index is 2.38. The molecule has 0 amide bonds. The van der Waals surface area contributed by atoms with Crippen molar-refractivity contribution in [1.82, 2.24) is 5.32 Å². The number of nitrogens with one attached hydrogen (secondary N) is 1. The largest absolute Gasteiger partial charge is 0.459 e. The molecule has 0 saturated carbocycles. The van der Waals surface area contributed by atoms with Crippen LogP contribution in [0.4, 0.5) is 0 Å². The lowest BCUT2D eigenvalue weighted by molar-refractivity contribution is -0.161. The summed E-state index contributed by atoms with van der Waals surface area (Å²) < 4.78 is 10.6. The lowest BCUT2D eigenvalue weighted by atomic mass is 10.2. The van der Waals surface area contributed by atoms with Crippen LogP contribution in [0.15, 0.2) is 0 Å². The minimum atomic E-state index is -0.429. The molecule has 0 bridgehead atoms. The van der Waals surface area contributed by atoms with Gasteiger partial charge in [-0.3, -0.25) is 10.1 Å². The van der Waals surface area contributed by atoms with Gasteiger partial charge in [-0.05, 0) is 27.7 Å². The Bertz CT molecular complexity index is 202. The highest BCUT2D eigenvalue weighted by atomic mass is 16.6. The van der Waals surface area contributed by atoms with E-state index in [1.807, 2.05) is 27.7 Å². The summed E-state index contributed by atoms with van der Waals surface area (Å²) in [6, 6.07) is -0.314. The molecule has 0 aromatic rings. The normalized spacial score (nSPS) is 28.6. The van der Waals surface area contributed by atoms with Crippen LogP contribution in [0, 0.1) is 0 Å². The maximum Gasteiger partial charge on any atom is 0.326 e. The Kier molecular flexibility index (Phi) is 3.50. The number of rotatable bonds is 1. The number of morpholine rings is 1. The van der Waals surface area contributed by atoms with Crippen LogP contribution in [0.1, 0.15) is 27.7 Å². The van der Waals surface area contributed by atoms with Crippen molar-refractivity contribution in [3.63, 3.8) is 0 Å². The van der Waals surface area contributed by atoms with Crippen LogP contribution >= 0.6 is 0 Å². The first-order valence-corrected chi connectivity index (χ1v) is 4.96. The van der Waals surface area contributed by atoms with Crippen LogP contribution in [0.5, 0.6) is 0 Å². The van der Waals surface area contributed by atoms with Crippen LogP contribution in [0.2, 0.25) is 0 Å². The quantitative estimate of drug-likeness (QED) is 0.635. The van der Waals surface area contributed by atoms with E-state index < -0.39 is 5.60 Å². The second-order valence-electron chi connectivity index (χ2n) is 4.64. The van der Waals surface area contributed by atoms with Gasteiger partial charge in [0.05, 0.1) is 12.7 Å². The number of carbonyl (C=O) groups is 1. The molecule has 0 aromatic heterocycles. The Labute approximate surface area is 85.0 Å². The van der Waals surface area contributed by atoms with E-state index in [9.17, 15) is 4.79 Å². The van der Waals surface area contributed by atoms with E-state index in [1.54, 1.807) is 0 Å². The zero-order chi connectivity index (χ0) is 10.8. The van der Waals surface area contributed by atoms with Crippen molar-refractivity contribution in [2.75, 3.05) is 13.2 Å². The topological polar surface area (TPSA) is 47.6 Å². The molecule has 4 nitrogen and oxygen atoms in total. The van der Waals surface area contributed by atoms with Crippen LogP contribution in [0.3, 0.4) is 0 Å². The van der Waals surface area contributed by atoms with Gasteiger partial charge in [-0.2, -0.15) is 0 Å². The molecule has 0 spiro atoms. The highest BCUT2D eigenvalue weighted by Crippen LogP contribution is 2.10. The van der Waals surface area contributed by atoms with Crippen molar-refractivity contribution >= 4 is 5.97 Å². The summed E-state index contributed by atoms with van der Waals surface area (Å²) in [4.78, 5) is 11.6. The molecule has 82 valence electrons. The maximum absolute atomic E-state index is 11.6. The predicted octanol–water partition coefficient (Wildman–Crippen LogP) is 0.705. The number of carbonyl (C=O) groups excluding carboxylic acids is 1. The van der Waals surface area contributed by atoms with Gasteiger partial charge in [0.25, 0.3) is 0 Å². The fourth-order valence-electron chi connectivity index (χ4n) is 1.21. The summed E-state index contributed by atoms with van der Waals surface area (Å²) in [6.07, 6.45) is 0.175. The maximum atomic E-state index is 11.6. The zero-order valence-electron chi connectivity index (χ0n) is 9.29. The van der Waals surface area contributed by atoms with Crippen molar-refractivity contribution in [3.05, 3.63) is 0 Å². The third-order valence-corrected chi connectivity index (χ3v) is 1.89. The molecule has 2 atom stereocenters. The van der Waals surface area contributed by atoms with E-state index in [-0.39, 0.29) is 18.1 Å². The Hall–Kier alpha value is -0.610. The molecule has 1 heterocycles. The Morgan fingerprint density at radius 3 is 2.57 bits per heavy atom. The summed E-state index contributed by atoms with van der Waals surface area (Å²) >= 11 is 0. The van der Waals surface area contributed by atoms with Crippen molar-refractivity contribution in [2.45, 2.75) is 45.4 Å². The molecule has 1 aliphatic heterocycles. The van der Waals surface area contributed by atoms with Crippen LogP contribution in [-0.2, 0) is 14.3 Å². The first-order chi connectivity index (χ1) is 6.38. The van der Waals surface area contributed by atoms with Gasteiger partial charge in [0, 0.05) is 6.54 Å².